The second-order valence-electron chi connectivity index (χ2n) is 6.51. The van der Waals surface area contributed by atoms with Crippen molar-refractivity contribution in [2.75, 3.05) is 12.4 Å². The fourth-order valence-electron chi connectivity index (χ4n) is 3.32. The number of anilines is 1. The maximum Gasteiger partial charge on any atom is 0.322 e. The minimum atomic E-state index is -0.293. The van der Waals surface area contributed by atoms with Gasteiger partial charge in [0.2, 0.25) is 0 Å². The molecule has 0 bridgehead atoms. The van der Waals surface area contributed by atoms with Crippen molar-refractivity contribution in [1.29, 1.82) is 0 Å². The van der Waals surface area contributed by atoms with Gasteiger partial charge >= 0.3 is 6.03 Å². The third kappa shape index (κ3) is 3.55. The Kier molecular flexibility index (Phi) is 4.97. The zero-order chi connectivity index (χ0) is 19.3. The number of hydrogen-bond donors (Lipinski definition) is 1. The zero-order valence-electron chi connectivity index (χ0n) is 15.5. The van der Waals surface area contributed by atoms with Crippen molar-refractivity contribution in [1.82, 2.24) is 14.9 Å². The van der Waals surface area contributed by atoms with Crippen molar-refractivity contribution in [2.45, 2.75) is 6.04 Å². The minimum absolute atomic E-state index is 0.205. The predicted molar refractivity (Wildman–Crippen MR) is 111 cm³/mol. The van der Waals surface area contributed by atoms with E-state index in [0.717, 1.165) is 27.7 Å². The fourth-order valence-corrected chi connectivity index (χ4v) is 3.32. The second kappa shape index (κ2) is 7.88. The average molecular weight is 368 g/mol. The number of amides is 2. The van der Waals surface area contributed by atoms with Crippen LogP contribution in [0.4, 0.5) is 10.5 Å². The van der Waals surface area contributed by atoms with Crippen LogP contribution < -0.4 is 5.32 Å². The van der Waals surface area contributed by atoms with Crippen molar-refractivity contribution in [2.24, 2.45) is 0 Å². The second-order valence-corrected chi connectivity index (χ2v) is 6.51. The number of fused-ring (bicyclic) bond motifs is 1. The molecular formula is C23H20N4O. The van der Waals surface area contributed by atoms with Crippen molar-refractivity contribution < 1.29 is 4.79 Å². The van der Waals surface area contributed by atoms with Gasteiger partial charge in [-0.3, -0.25) is 9.97 Å². The largest absolute Gasteiger partial charge is 0.322 e. The molecule has 0 radical (unpaired) electrons. The van der Waals surface area contributed by atoms with E-state index in [4.69, 9.17) is 0 Å². The summed E-state index contributed by atoms with van der Waals surface area (Å²) < 4.78 is 0. The Morgan fingerprint density at radius 2 is 1.75 bits per heavy atom. The van der Waals surface area contributed by atoms with Gasteiger partial charge in [0.25, 0.3) is 0 Å². The van der Waals surface area contributed by atoms with E-state index in [9.17, 15) is 4.79 Å². The van der Waals surface area contributed by atoms with Crippen LogP contribution in [0.15, 0.2) is 91.4 Å². The van der Waals surface area contributed by atoms with Gasteiger partial charge in [0.1, 0.15) is 6.04 Å². The van der Waals surface area contributed by atoms with Gasteiger partial charge in [0.05, 0.1) is 11.4 Å². The van der Waals surface area contributed by atoms with Gasteiger partial charge in [0.15, 0.2) is 0 Å². The normalized spacial score (nSPS) is 11.8. The lowest BCUT2D eigenvalue weighted by Gasteiger charge is -2.28. The number of benzene rings is 2. The van der Waals surface area contributed by atoms with Gasteiger partial charge < -0.3 is 10.2 Å². The van der Waals surface area contributed by atoms with Gasteiger partial charge in [-0.05, 0) is 29.8 Å². The van der Waals surface area contributed by atoms with E-state index in [-0.39, 0.29) is 12.1 Å². The Hall–Kier alpha value is -3.73. The highest BCUT2D eigenvalue weighted by molar-refractivity contribution is 6.01. The summed E-state index contributed by atoms with van der Waals surface area (Å²) in [6.45, 7) is 0. The van der Waals surface area contributed by atoms with Crippen LogP contribution in [0, 0.1) is 0 Å². The van der Waals surface area contributed by atoms with Crippen LogP contribution in [-0.2, 0) is 0 Å². The highest BCUT2D eigenvalue weighted by atomic mass is 16.2. The Morgan fingerprint density at radius 1 is 0.929 bits per heavy atom. The highest BCUT2D eigenvalue weighted by Gasteiger charge is 2.24. The van der Waals surface area contributed by atoms with Crippen LogP contribution in [-0.4, -0.2) is 27.9 Å². The number of urea groups is 1. The summed E-state index contributed by atoms with van der Waals surface area (Å²) in [5.41, 5.74) is 2.57. The quantitative estimate of drug-likeness (QED) is 0.558. The van der Waals surface area contributed by atoms with E-state index in [2.05, 4.69) is 15.3 Å². The molecule has 0 saturated heterocycles. The number of pyridine rings is 2. The van der Waals surface area contributed by atoms with Gasteiger partial charge in [0, 0.05) is 36.4 Å². The smallest absolute Gasteiger partial charge is 0.315 e. The Balaban J connectivity index is 1.67. The maximum atomic E-state index is 13.1. The molecule has 0 aliphatic heterocycles. The molecule has 0 spiro atoms. The summed E-state index contributed by atoms with van der Waals surface area (Å²) in [4.78, 5) is 23.4. The molecule has 4 rings (SSSR count). The molecule has 2 aromatic heterocycles. The molecule has 28 heavy (non-hydrogen) atoms. The molecule has 5 nitrogen and oxygen atoms in total. The molecule has 0 aliphatic carbocycles. The Morgan fingerprint density at radius 3 is 2.54 bits per heavy atom. The number of rotatable bonds is 4. The van der Waals surface area contributed by atoms with Crippen LogP contribution in [0.25, 0.3) is 10.8 Å². The van der Waals surface area contributed by atoms with Crippen molar-refractivity contribution in [3.05, 3.63) is 103 Å². The highest BCUT2D eigenvalue weighted by Crippen LogP contribution is 2.28. The number of nitrogens with one attached hydrogen (secondary N) is 1. The first kappa shape index (κ1) is 17.7. The third-order valence-electron chi connectivity index (χ3n) is 4.71. The molecule has 5 heteroatoms. The monoisotopic (exact) mass is 368 g/mol. The van der Waals surface area contributed by atoms with Crippen molar-refractivity contribution >= 4 is 22.5 Å². The van der Waals surface area contributed by atoms with Gasteiger partial charge in [-0.25, -0.2) is 4.79 Å². The standard InChI is InChI=1S/C23H20N4O/c1-27(22(17-8-3-2-4-9-17)21-11-5-6-14-25-21)23(28)26-20-12-7-10-18-16-24-15-13-19(18)20/h2-16,22H,1H3,(H,26,28)/t22-/m0/s1. The number of nitrogens with zero attached hydrogens (tertiary/aromatic N) is 3. The maximum absolute atomic E-state index is 13.1. The van der Waals surface area contributed by atoms with E-state index in [1.807, 2.05) is 72.8 Å². The first-order chi connectivity index (χ1) is 13.7. The van der Waals surface area contributed by atoms with Gasteiger partial charge in [-0.2, -0.15) is 0 Å². The van der Waals surface area contributed by atoms with Crippen molar-refractivity contribution in [3.63, 3.8) is 0 Å². The number of carbonyl (C=O) groups is 1. The molecule has 138 valence electrons. The molecule has 2 amide bonds. The van der Waals surface area contributed by atoms with E-state index in [0.29, 0.717) is 0 Å². The van der Waals surface area contributed by atoms with E-state index in [1.54, 1.807) is 30.5 Å². The summed E-state index contributed by atoms with van der Waals surface area (Å²) in [6.07, 6.45) is 5.26. The summed E-state index contributed by atoms with van der Waals surface area (Å²) in [5, 5.41) is 4.97. The SMILES string of the molecule is CN(C(=O)Nc1cccc2cnccc12)[C@@H](c1ccccc1)c1ccccn1. The molecule has 1 N–H and O–H groups in total. The predicted octanol–water partition coefficient (Wildman–Crippen LogP) is 4.88. The molecule has 4 aromatic rings. The average Bonchev–Trinajstić information content (AvgIpc) is 2.75. The van der Waals surface area contributed by atoms with Crippen LogP contribution >= 0.6 is 0 Å². The lowest BCUT2D eigenvalue weighted by atomic mass is 10.0. The third-order valence-corrected chi connectivity index (χ3v) is 4.71. The summed E-state index contributed by atoms with van der Waals surface area (Å²) in [7, 11) is 1.79. The minimum Gasteiger partial charge on any atom is -0.315 e. The molecular weight excluding hydrogens is 348 g/mol. The van der Waals surface area contributed by atoms with Crippen molar-refractivity contribution in [3.8, 4) is 0 Å². The number of aromatic nitrogens is 2. The van der Waals surface area contributed by atoms with Crippen LogP contribution in [0.5, 0.6) is 0 Å². The molecule has 1 atom stereocenters. The van der Waals surface area contributed by atoms with Crippen LogP contribution in [0.2, 0.25) is 0 Å². The first-order valence-corrected chi connectivity index (χ1v) is 9.06. The van der Waals surface area contributed by atoms with Gasteiger partial charge in [-0.1, -0.05) is 48.5 Å². The molecule has 0 fully saturated rings. The molecule has 2 aromatic carbocycles. The zero-order valence-corrected chi connectivity index (χ0v) is 15.5. The molecule has 0 saturated carbocycles. The lowest BCUT2D eigenvalue weighted by molar-refractivity contribution is 0.211. The Bertz CT molecular complexity index is 1040. The first-order valence-electron chi connectivity index (χ1n) is 9.06. The number of hydrogen-bond acceptors (Lipinski definition) is 3. The molecule has 0 aliphatic rings. The van der Waals surface area contributed by atoms with Gasteiger partial charge in [-0.15, -0.1) is 0 Å². The number of carbonyl (C=O) groups excluding carboxylic acids is 1. The fraction of sp³-hybridized carbons (Fsp3) is 0.0870. The molecule has 2 heterocycles. The van der Waals surface area contributed by atoms with E-state index >= 15 is 0 Å². The van der Waals surface area contributed by atoms with Crippen LogP contribution in [0.3, 0.4) is 0 Å². The summed E-state index contributed by atoms with van der Waals surface area (Å²) in [5.74, 6) is 0. The molecule has 0 unspecified atom stereocenters. The van der Waals surface area contributed by atoms with E-state index < -0.39 is 0 Å². The summed E-state index contributed by atoms with van der Waals surface area (Å²) >= 11 is 0. The Labute approximate surface area is 163 Å². The van der Waals surface area contributed by atoms with Crippen LogP contribution in [0.1, 0.15) is 17.3 Å². The topological polar surface area (TPSA) is 58.1 Å². The lowest BCUT2D eigenvalue weighted by Crippen LogP contribution is -2.35. The summed E-state index contributed by atoms with van der Waals surface area (Å²) in [6, 6.07) is 22.8. The van der Waals surface area contributed by atoms with E-state index in [1.165, 1.54) is 0 Å².